The van der Waals surface area contributed by atoms with Gasteiger partial charge in [0.2, 0.25) is 11.8 Å². The third-order valence-electron chi connectivity index (χ3n) is 2.53. The first-order chi connectivity index (χ1) is 8.47. The molecule has 1 heterocycles. The summed E-state index contributed by atoms with van der Waals surface area (Å²) in [5.41, 5.74) is 1.34. The van der Waals surface area contributed by atoms with E-state index in [0.717, 1.165) is 0 Å². The first kappa shape index (κ1) is 14.0. The summed E-state index contributed by atoms with van der Waals surface area (Å²) < 4.78 is 5.00. The maximum absolute atomic E-state index is 11.9. The van der Waals surface area contributed by atoms with Crippen molar-refractivity contribution >= 4 is 17.5 Å². The average Bonchev–Trinajstić information content (AvgIpc) is 2.67. The van der Waals surface area contributed by atoms with Crippen molar-refractivity contribution in [1.82, 2.24) is 10.5 Å². The number of carbonyl (C=O) groups excluding carboxylic acids is 2. The van der Waals surface area contributed by atoms with Gasteiger partial charge in [-0.1, -0.05) is 11.7 Å². The van der Waals surface area contributed by atoms with Crippen LogP contribution in [0.1, 0.15) is 17.9 Å². The van der Waals surface area contributed by atoms with Gasteiger partial charge in [-0.3, -0.25) is 9.59 Å². The zero-order chi connectivity index (χ0) is 13.7. The lowest BCUT2D eigenvalue weighted by molar-refractivity contribution is -0.118. The van der Waals surface area contributed by atoms with Gasteiger partial charge in [0.1, 0.15) is 11.4 Å². The SMILES string of the molecule is C=CC(=O)NCCC(=O)N(C)c1c(C)noc1C. The van der Waals surface area contributed by atoms with Gasteiger partial charge in [-0.05, 0) is 19.9 Å². The first-order valence-corrected chi connectivity index (χ1v) is 5.57. The summed E-state index contributed by atoms with van der Waals surface area (Å²) in [5.74, 6) is 0.190. The molecule has 0 atom stereocenters. The monoisotopic (exact) mass is 251 g/mol. The van der Waals surface area contributed by atoms with Crippen LogP contribution in [0, 0.1) is 13.8 Å². The van der Waals surface area contributed by atoms with Gasteiger partial charge in [-0.2, -0.15) is 0 Å². The van der Waals surface area contributed by atoms with Gasteiger partial charge in [0, 0.05) is 20.0 Å². The fourth-order valence-corrected chi connectivity index (χ4v) is 1.61. The molecule has 2 amide bonds. The fourth-order valence-electron chi connectivity index (χ4n) is 1.61. The minimum atomic E-state index is -0.289. The number of nitrogens with one attached hydrogen (secondary N) is 1. The maximum atomic E-state index is 11.9. The highest BCUT2D eigenvalue weighted by molar-refractivity contribution is 5.94. The van der Waals surface area contributed by atoms with Crippen LogP contribution in [-0.2, 0) is 9.59 Å². The molecule has 0 unspecified atom stereocenters. The number of hydrogen-bond acceptors (Lipinski definition) is 4. The highest BCUT2D eigenvalue weighted by Gasteiger charge is 2.18. The van der Waals surface area contributed by atoms with Crippen LogP contribution in [0.3, 0.4) is 0 Å². The number of anilines is 1. The Bertz CT molecular complexity index is 446. The Labute approximate surface area is 106 Å². The normalized spacial score (nSPS) is 9.94. The van der Waals surface area contributed by atoms with Gasteiger partial charge in [0.15, 0.2) is 5.76 Å². The summed E-state index contributed by atoms with van der Waals surface area (Å²) in [4.78, 5) is 24.3. The maximum Gasteiger partial charge on any atom is 0.243 e. The van der Waals surface area contributed by atoms with Gasteiger partial charge in [-0.15, -0.1) is 0 Å². The summed E-state index contributed by atoms with van der Waals surface area (Å²) in [5, 5.41) is 6.34. The second kappa shape index (κ2) is 6.00. The molecule has 0 saturated heterocycles. The number of nitrogens with zero attached hydrogens (tertiary/aromatic N) is 2. The molecule has 1 aromatic heterocycles. The molecular formula is C12H17N3O3. The number of aryl methyl sites for hydroxylation is 2. The van der Waals surface area contributed by atoms with Crippen LogP contribution in [0.4, 0.5) is 5.69 Å². The molecule has 0 aliphatic carbocycles. The van der Waals surface area contributed by atoms with E-state index in [1.165, 1.54) is 11.0 Å². The van der Waals surface area contributed by atoms with Crippen molar-refractivity contribution in [3.63, 3.8) is 0 Å². The van der Waals surface area contributed by atoms with E-state index in [2.05, 4.69) is 17.1 Å². The molecule has 1 N–H and O–H groups in total. The summed E-state index contributed by atoms with van der Waals surface area (Å²) in [6.07, 6.45) is 1.38. The van der Waals surface area contributed by atoms with E-state index in [1.54, 1.807) is 20.9 Å². The van der Waals surface area contributed by atoms with Crippen molar-refractivity contribution in [3.05, 3.63) is 24.1 Å². The smallest absolute Gasteiger partial charge is 0.243 e. The summed E-state index contributed by atoms with van der Waals surface area (Å²) in [6, 6.07) is 0. The number of carbonyl (C=O) groups is 2. The molecule has 0 aromatic carbocycles. The Balaban J connectivity index is 2.57. The van der Waals surface area contributed by atoms with Crippen molar-refractivity contribution in [2.45, 2.75) is 20.3 Å². The van der Waals surface area contributed by atoms with E-state index in [1.807, 2.05) is 0 Å². The van der Waals surface area contributed by atoms with Gasteiger partial charge in [-0.25, -0.2) is 0 Å². The van der Waals surface area contributed by atoms with Crippen LogP contribution < -0.4 is 10.2 Å². The lowest BCUT2D eigenvalue weighted by Crippen LogP contribution is -2.31. The number of rotatable bonds is 5. The highest BCUT2D eigenvalue weighted by atomic mass is 16.5. The Morgan fingerprint density at radius 2 is 2.17 bits per heavy atom. The van der Waals surface area contributed by atoms with E-state index in [-0.39, 0.29) is 24.8 Å². The Morgan fingerprint density at radius 1 is 1.50 bits per heavy atom. The molecule has 1 aromatic rings. The topological polar surface area (TPSA) is 75.4 Å². The average molecular weight is 251 g/mol. The number of hydrogen-bond donors (Lipinski definition) is 1. The van der Waals surface area contributed by atoms with Gasteiger partial charge in [0.25, 0.3) is 0 Å². The molecule has 18 heavy (non-hydrogen) atoms. The van der Waals surface area contributed by atoms with Crippen LogP contribution in [0.2, 0.25) is 0 Å². The predicted octanol–water partition coefficient (Wildman–Crippen LogP) is 0.947. The molecule has 0 saturated carbocycles. The minimum absolute atomic E-state index is 0.117. The van der Waals surface area contributed by atoms with Crippen molar-refractivity contribution in [2.24, 2.45) is 0 Å². The molecule has 1 rings (SSSR count). The van der Waals surface area contributed by atoms with Gasteiger partial charge in [0.05, 0.1) is 0 Å². The first-order valence-electron chi connectivity index (χ1n) is 5.57. The standard InChI is InChI=1S/C12H17N3O3/c1-5-10(16)13-7-6-11(17)15(4)12-8(2)14-18-9(12)3/h5H,1,6-7H2,2-4H3,(H,13,16). The lowest BCUT2D eigenvalue weighted by Gasteiger charge is -2.16. The summed E-state index contributed by atoms with van der Waals surface area (Å²) in [6.45, 7) is 7.13. The third kappa shape index (κ3) is 3.19. The van der Waals surface area contributed by atoms with E-state index in [4.69, 9.17) is 4.52 Å². The van der Waals surface area contributed by atoms with Crippen LogP contribution in [0.5, 0.6) is 0 Å². The van der Waals surface area contributed by atoms with Crippen molar-refractivity contribution in [1.29, 1.82) is 0 Å². The molecular weight excluding hydrogens is 234 g/mol. The Hall–Kier alpha value is -2.11. The van der Waals surface area contributed by atoms with E-state index < -0.39 is 0 Å². The number of amides is 2. The van der Waals surface area contributed by atoms with Crippen LogP contribution in [-0.4, -0.2) is 30.6 Å². The van der Waals surface area contributed by atoms with Crippen LogP contribution in [0.15, 0.2) is 17.2 Å². The fraction of sp³-hybridized carbons (Fsp3) is 0.417. The second-order valence-corrected chi connectivity index (χ2v) is 3.87. The molecule has 6 nitrogen and oxygen atoms in total. The van der Waals surface area contributed by atoms with Crippen molar-refractivity contribution in [3.8, 4) is 0 Å². The van der Waals surface area contributed by atoms with Gasteiger partial charge >= 0.3 is 0 Å². The lowest BCUT2D eigenvalue weighted by atomic mass is 10.2. The molecule has 0 radical (unpaired) electrons. The van der Waals surface area contributed by atoms with Gasteiger partial charge < -0.3 is 14.7 Å². The minimum Gasteiger partial charge on any atom is -0.359 e. The molecule has 0 bridgehead atoms. The van der Waals surface area contributed by atoms with Crippen molar-refractivity contribution in [2.75, 3.05) is 18.5 Å². The molecule has 0 aliphatic heterocycles. The van der Waals surface area contributed by atoms with Crippen LogP contribution in [0.25, 0.3) is 0 Å². The molecule has 0 fully saturated rings. The number of aromatic nitrogens is 1. The second-order valence-electron chi connectivity index (χ2n) is 3.87. The molecule has 0 aliphatic rings. The predicted molar refractivity (Wildman–Crippen MR) is 67.2 cm³/mol. The Morgan fingerprint density at radius 3 is 2.67 bits per heavy atom. The van der Waals surface area contributed by atoms with Crippen LogP contribution >= 0.6 is 0 Å². The van der Waals surface area contributed by atoms with E-state index in [9.17, 15) is 9.59 Å². The third-order valence-corrected chi connectivity index (χ3v) is 2.53. The Kier molecular flexibility index (Phi) is 4.65. The van der Waals surface area contributed by atoms with Crippen molar-refractivity contribution < 1.29 is 14.1 Å². The summed E-state index contributed by atoms with van der Waals surface area (Å²) in [7, 11) is 1.66. The quantitative estimate of drug-likeness (QED) is 0.790. The summed E-state index contributed by atoms with van der Waals surface area (Å²) >= 11 is 0. The largest absolute Gasteiger partial charge is 0.359 e. The molecule has 6 heteroatoms. The molecule has 98 valence electrons. The zero-order valence-corrected chi connectivity index (χ0v) is 10.8. The highest BCUT2D eigenvalue weighted by Crippen LogP contribution is 2.23. The van der Waals surface area contributed by atoms with E-state index in [0.29, 0.717) is 17.1 Å². The van der Waals surface area contributed by atoms with E-state index >= 15 is 0 Å². The molecule has 0 spiro atoms. The zero-order valence-electron chi connectivity index (χ0n) is 10.8.